The summed E-state index contributed by atoms with van der Waals surface area (Å²) in [5.74, 6) is 0. The minimum Gasteiger partial charge on any atom is -0.375 e. The molecule has 0 amide bonds. The molecule has 2 fully saturated rings. The molecule has 0 aliphatic carbocycles. The third-order valence-electron chi connectivity index (χ3n) is 4.76. The highest BCUT2D eigenvalue weighted by molar-refractivity contribution is 4.91. The van der Waals surface area contributed by atoms with Crippen LogP contribution in [0.5, 0.6) is 0 Å². The minimum absolute atomic E-state index is 0.143. The molecule has 0 aromatic heterocycles. The molecule has 0 bridgehead atoms. The van der Waals surface area contributed by atoms with Gasteiger partial charge in [-0.1, -0.05) is 13.8 Å². The normalized spacial score (nSPS) is 34.8. The summed E-state index contributed by atoms with van der Waals surface area (Å²) in [7, 11) is 0. The Bertz CT molecular complexity index is 240. The van der Waals surface area contributed by atoms with Gasteiger partial charge in [0.2, 0.25) is 0 Å². The van der Waals surface area contributed by atoms with Crippen LogP contribution in [0.3, 0.4) is 0 Å². The molecule has 2 unspecified atom stereocenters. The van der Waals surface area contributed by atoms with Gasteiger partial charge in [0, 0.05) is 25.2 Å². The van der Waals surface area contributed by atoms with Crippen LogP contribution < -0.4 is 5.73 Å². The number of hydrogen-bond donors (Lipinski definition) is 1. The molecule has 0 aromatic rings. The van der Waals surface area contributed by atoms with Gasteiger partial charge < -0.3 is 10.5 Å². The van der Waals surface area contributed by atoms with Crippen molar-refractivity contribution >= 4 is 0 Å². The number of ether oxygens (including phenoxy) is 1. The van der Waals surface area contributed by atoms with E-state index in [9.17, 15) is 0 Å². The number of likely N-dealkylation sites (tertiary alicyclic amines) is 1. The Kier molecular flexibility index (Phi) is 4.45. The van der Waals surface area contributed by atoms with Gasteiger partial charge in [-0.05, 0) is 45.1 Å². The fourth-order valence-electron chi connectivity index (χ4n) is 3.43. The van der Waals surface area contributed by atoms with E-state index in [0.717, 1.165) is 26.0 Å². The van der Waals surface area contributed by atoms with Gasteiger partial charge in [0.25, 0.3) is 0 Å². The van der Waals surface area contributed by atoms with Gasteiger partial charge in [-0.2, -0.15) is 0 Å². The van der Waals surface area contributed by atoms with E-state index in [1.165, 1.54) is 32.2 Å². The first-order chi connectivity index (χ1) is 8.19. The predicted octanol–water partition coefficient (Wildman–Crippen LogP) is 2.15. The summed E-state index contributed by atoms with van der Waals surface area (Å²) in [4.78, 5) is 2.62. The molecule has 100 valence electrons. The largest absolute Gasteiger partial charge is 0.375 e. The van der Waals surface area contributed by atoms with E-state index in [1.807, 2.05) is 0 Å². The second-order valence-electron chi connectivity index (χ2n) is 5.78. The molecule has 2 atom stereocenters. The van der Waals surface area contributed by atoms with E-state index in [4.69, 9.17) is 10.5 Å². The van der Waals surface area contributed by atoms with Crippen molar-refractivity contribution in [3.05, 3.63) is 0 Å². The maximum atomic E-state index is 6.09. The van der Waals surface area contributed by atoms with Gasteiger partial charge in [0.05, 0.1) is 5.60 Å². The summed E-state index contributed by atoms with van der Waals surface area (Å²) in [6, 6.07) is 1.10. The summed E-state index contributed by atoms with van der Waals surface area (Å²) in [6.45, 7) is 7.77. The Balaban J connectivity index is 1.96. The second kappa shape index (κ2) is 5.68. The average molecular weight is 240 g/mol. The Hall–Kier alpha value is -0.120. The predicted molar refractivity (Wildman–Crippen MR) is 71.1 cm³/mol. The van der Waals surface area contributed by atoms with Crippen LogP contribution in [0, 0.1) is 0 Å². The van der Waals surface area contributed by atoms with Crippen molar-refractivity contribution < 1.29 is 4.74 Å². The lowest BCUT2D eigenvalue weighted by Gasteiger charge is -2.46. The highest BCUT2D eigenvalue weighted by Gasteiger charge is 2.37. The van der Waals surface area contributed by atoms with Crippen molar-refractivity contribution in [3.8, 4) is 0 Å². The zero-order valence-corrected chi connectivity index (χ0v) is 11.5. The fourth-order valence-corrected chi connectivity index (χ4v) is 3.43. The standard InChI is InChI=1S/C14H28N2O/c1-3-14(4-2)10-13(7-9-17-14)16-8-5-6-12(15)11-16/h12-13H,3-11,15H2,1-2H3. The molecule has 0 spiro atoms. The number of hydrogen-bond acceptors (Lipinski definition) is 3. The van der Waals surface area contributed by atoms with Crippen LogP contribution in [0.4, 0.5) is 0 Å². The highest BCUT2D eigenvalue weighted by Crippen LogP contribution is 2.34. The molecule has 3 nitrogen and oxygen atoms in total. The van der Waals surface area contributed by atoms with Gasteiger partial charge >= 0.3 is 0 Å². The van der Waals surface area contributed by atoms with Crippen molar-refractivity contribution in [2.45, 2.75) is 70.1 Å². The quantitative estimate of drug-likeness (QED) is 0.821. The van der Waals surface area contributed by atoms with Gasteiger partial charge in [-0.3, -0.25) is 4.90 Å². The third kappa shape index (κ3) is 3.01. The molecular weight excluding hydrogens is 212 g/mol. The molecule has 3 heteroatoms. The molecule has 2 heterocycles. The second-order valence-corrected chi connectivity index (χ2v) is 5.78. The van der Waals surface area contributed by atoms with Crippen molar-refractivity contribution in [3.63, 3.8) is 0 Å². The van der Waals surface area contributed by atoms with Crippen LogP contribution in [0.2, 0.25) is 0 Å². The highest BCUT2D eigenvalue weighted by atomic mass is 16.5. The molecular formula is C14H28N2O. The molecule has 0 saturated carbocycles. The summed E-state index contributed by atoms with van der Waals surface area (Å²) >= 11 is 0. The molecule has 0 aromatic carbocycles. The van der Waals surface area contributed by atoms with Gasteiger partial charge in [-0.25, -0.2) is 0 Å². The number of piperidine rings is 1. The smallest absolute Gasteiger partial charge is 0.0692 e. The van der Waals surface area contributed by atoms with Crippen molar-refractivity contribution in [1.29, 1.82) is 0 Å². The molecule has 2 rings (SSSR count). The first-order valence-electron chi connectivity index (χ1n) is 7.32. The van der Waals surface area contributed by atoms with Crippen LogP contribution in [0.1, 0.15) is 52.4 Å². The van der Waals surface area contributed by atoms with Crippen LogP contribution in [0.15, 0.2) is 0 Å². The summed E-state index contributed by atoms with van der Waals surface area (Å²) in [5, 5.41) is 0. The maximum Gasteiger partial charge on any atom is 0.0692 e. The zero-order valence-electron chi connectivity index (χ0n) is 11.5. The monoisotopic (exact) mass is 240 g/mol. The van der Waals surface area contributed by atoms with Crippen LogP contribution in [0.25, 0.3) is 0 Å². The molecule has 2 aliphatic rings. The van der Waals surface area contributed by atoms with E-state index >= 15 is 0 Å². The summed E-state index contributed by atoms with van der Waals surface area (Å²) in [5.41, 5.74) is 6.23. The Morgan fingerprint density at radius 3 is 2.71 bits per heavy atom. The van der Waals surface area contributed by atoms with Gasteiger partial charge in [0.15, 0.2) is 0 Å². The Morgan fingerprint density at radius 2 is 2.06 bits per heavy atom. The lowest BCUT2D eigenvalue weighted by molar-refractivity contribution is -0.112. The first-order valence-corrected chi connectivity index (χ1v) is 7.32. The SMILES string of the molecule is CCC1(CC)CC(N2CCCC(N)C2)CCO1. The van der Waals surface area contributed by atoms with E-state index < -0.39 is 0 Å². The average Bonchev–Trinajstić information content (AvgIpc) is 2.39. The molecule has 0 radical (unpaired) electrons. The van der Waals surface area contributed by atoms with Gasteiger partial charge in [-0.15, -0.1) is 0 Å². The van der Waals surface area contributed by atoms with E-state index in [2.05, 4.69) is 18.7 Å². The topological polar surface area (TPSA) is 38.5 Å². The lowest BCUT2D eigenvalue weighted by atomic mass is 9.84. The van der Waals surface area contributed by atoms with Crippen molar-refractivity contribution in [2.75, 3.05) is 19.7 Å². The molecule has 17 heavy (non-hydrogen) atoms. The summed E-state index contributed by atoms with van der Waals surface area (Å²) < 4.78 is 6.05. The van der Waals surface area contributed by atoms with E-state index in [0.29, 0.717) is 12.1 Å². The van der Waals surface area contributed by atoms with Gasteiger partial charge in [0.1, 0.15) is 0 Å². The zero-order chi connectivity index (χ0) is 12.3. The Labute approximate surface area is 106 Å². The van der Waals surface area contributed by atoms with Crippen LogP contribution in [-0.4, -0.2) is 42.3 Å². The lowest BCUT2D eigenvalue weighted by Crippen LogP contribution is -2.53. The first kappa shape index (κ1) is 13.3. The number of nitrogens with zero attached hydrogens (tertiary/aromatic N) is 1. The van der Waals surface area contributed by atoms with E-state index in [-0.39, 0.29) is 5.60 Å². The number of rotatable bonds is 3. The van der Waals surface area contributed by atoms with Crippen LogP contribution in [-0.2, 0) is 4.74 Å². The molecule has 2 aliphatic heterocycles. The molecule has 2 N–H and O–H groups in total. The Morgan fingerprint density at radius 1 is 1.29 bits per heavy atom. The minimum atomic E-state index is 0.143. The van der Waals surface area contributed by atoms with Crippen molar-refractivity contribution in [2.24, 2.45) is 5.73 Å². The third-order valence-corrected chi connectivity index (χ3v) is 4.76. The van der Waals surface area contributed by atoms with Crippen molar-refractivity contribution in [1.82, 2.24) is 4.90 Å². The number of nitrogens with two attached hydrogens (primary N) is 1. The van der Waals surface area contributed by atoms with Crippen LogP contribution >= 0.6 is 0 Å². The summed E-state index contributed by atoms with van der Waals surface area (Å²) in [6.07, 6.45) is 7.14. The maximum absolute atomic E-state index is 6.09. The molecule has 2 saturated heterocycles. The fraction of sp³-hybridized carbons (Fsp3) is 1.00. The van der Waals surface area contributed by atoms with E-state index in [1.54, 1.807) is 0 Å².